The number of nitrogens with zero attached hydrogens (tertiary/aromatic N) is 1. The SMILES string of the molecule is OCCN1COCOC1. The summed E-state index contributed by atoms with van der Waals surface area (Å²) in [5.74, 6) is 0. The highest BCUT2D eigenvalue weighted by molar-refractivity contribution is 4.46. The molecule has 0 aromatic heterocycles. The molecule has 0 aromatic rings. The van der Waals surface area contributed by atoms with Crippen molar-refractivity contribution in [3.05, 3.63) is 0 Å². The van der Waals surface area contributed by atoms with Gasteiger partial charge in [0.05, 0.1) is 6.61 Å². The van der Waals surface area contributed by atoms with E-state index >= 15 is 0 Å². The molecule has 1 N–H and O–H groups in total. The fourth-order valence-electron chi connectivity index (χ4n) is 0.699. The molecule has 1 fully saturated rings. The summed E-state index contributed by atoms with van der Waals surface area (Å²) in [4.78, 5) is 1.88. The van der Waals surface area contributed by atoms with Gasteiger partial charge in [-0.25, -0.2) is 0 Å². The average Bonchev–Trinajstić information content (AvgIpc) is 1.91. The molecule has 0 spiro atoms. The molecule has 54 valence electrons. The lowest BCUT2D eigenvalue weighted by molar-refractivity contribution is -0.184. The van der Waals surface area contributed by atoms with Crippen LogP contribution in [0, 0.1) is 0 Å². The van der Waals surface area contributed by atoms with Crippen molar-refractivity contribution in [2.24, 2.45) is 0 Å². The van der Waals surface area contributed by atoms with Gasteiger partial charge in [-0.05, 0) is 0 Å². The fraction of sp³-hybridized carbons (Fsp3) is 1.00. The Bertz CT molecular complexity index is 69.8. The quantitative estimate of drug-likeness (QED) is 0.535. The summed E-state index contributed by atoms with van der Waals surface area (Å²) in [6, 6.07) is 0. The van der Waals surface area contributed by atoms with Crippen LogP contribution in [-0.4, -0.2) is 43.4 Å². The number of aliphatic hydroxyl groups excluding tert-OH is 1. The Kier molecular flexibility index (Phi) is 2.93. The molecule has 1 aliphatic heterocycles. The van der Waals surface area contributed by atoms with Crippen LogP contribution in [0.4, 0.5) is 0 Å². The van der Waals surface area contributed by atoms with E-state index in [-0.39, 0.29) is 6.61 Å². The van der Waals surface area contributed by atoms with Crippen molar-refractivity contribution >= 4 is 0 Å². The molecule has 0 amide bonds. The summed E-state index contributed by atoms with van der Waals surface area (Å²) in [6.45, 7) is 2.30. The van der Waals surface area contributed by atoms with E-state index in [0.717, 1.165) is 0 Å². The summed E-state index contributed by atoms with van der Waals surface area (Å²) in [5.41, 5.74) is 0. The Morgan fingerprint density at radius 3 is 2.56 bits per heavy atom. The molecule has 0 bridgehead atoms. The molecule has 0 aliphatic carbocycles. The molecular weight excluding hydrogens is 122 g/mol. The minimum absolute atomic E-state index is 0.159. The van der Waals surface area contributed by atoms with Gasteiger partial charge < -0.3 is 14.6 Å². The number of aliphatic hydroxyl groups is 1. The second-order valence-electron chi connectivity index (χ2n) is 1.90. The van der Waals surface area contributed by atoms with Gasteiger partial charge in [-0.2, -0.15) is 0 Å². The second kappa shape index (κ2) is 3.79. The normalized spacial score (nSPS) is 22.3. The Hall–Kier alpha value is -0.160. The minimum atomic E-state index is 0.159. The maximum absolute atomic E-state index is 8.47. The zero-order valence-corrected chi connectivity index (χ0v) is 5.25. The van der Waals surface area contributed by atoms with Gasteiger partial charge in [0.15, 0.2) is 0 Å². The van der Waals surface area contributed by atoms with Gasteiger partial charge in [0.25, 0.3) is 0 Å². The maximum atomic E-state index is 8.47. The van der Waals surface area contributed by atoms with Crippen molar-refractivity contribution in [1.82, 2.24) is 4.90 Å². The van der Waals surface area contributed by atoms with Crippen LogP contribution in [0.2, 0.25) is 0 Å². The molecule has 0 unspecified atom stereocenters. The first kappa shape index (κ1) is 6.95. The van der Waals surface area contributed by atoms with Crippen LogP contribution in [0.5, 0.6) is 0 Å². The van der Waals surface area contributed by atoms with Crippen LogP contribution in [0.25, 0.3) is 0 Å². The highest BCUT2D eigenvalue weighted by Crippen LogP contribution is 1.95. The first-order valence-electron chi connectivity index (χ1n) is 2.92. The molecule has 0 aromatic carbocycles. The molecule has 4 heteroatoms. The lowest BCUT2D eigenvalue weighted by atomic mass is 10.6. The van der Waals surface area contributed by atoms with Crippen LogP contribution in [-0.2, 0) is 9.47 Å². The molecule has 4 nitrogen and oxygen atoms in total. The van der Waals surface area contributed by atoms with Crippen molar-refractivity contribution in [2.45, 2.75) is 0 Å². The number of hydrogen-bond acceptors (Lipinski definition) is 4. The standard InChI is InChI=1S/C5H11NO3/c7-2-1-6-3-8-5-9-4-6/h7H,1-5H2. The van der Waals surface area contributed by atoms with Crippen LogP contribution in [0.15, 0.2) is 0 Å². The number of rotatable bonds is 2. The van der Waals surface area contributed by atoms with Gasteiger partial charge in [0, 0.05) is 6.54 Å². The van der Waals surface area contributed by atoms with Gasteiger partial charge in [0.1, 0.15) is 20.3 Å². The van der Waals surface area contributed by atoms with E-state index in [0.29, 0.717) is 26.8 Å². The third-order valence-corrected chi connectivity index (χ3v) is 1.13. The van der Waals surface area contributed by atoms with Gasteiger partial charge in [-0.1, -0.05) is 0 Å². The van der Waals surface area contributed by atoms with Crippen LogP contribution in [0.1, 0.15) is 0 Å². The Morgan fingerprint density at radius 1 is 1.33 bits per heavy atom. The van der Waals surface area contributed by atoms with E-state index in [9.17, 15) is 0 Å². The molecule has 1 rings (SSSR count). The molecular formula is C5H11NO3. The predicted molar refractivity (Wildman–Crippen MR) is 30.6 cm³/mol. The Labute approximate surface area is 54.0 Å². The van der Waals surface area contributed by atoms with Crippen LogP contribution in [0.3, 0.4) is 0 Å². The summed E-state index contributed by atoms with van der Waals surface area (Å²) in [6.07, 6.45) is 0. The molecule has 9 heavy (non-hydrogen) atoms. The van der Waals surface area contributed by atoms with E-state index in [2.05, 4.69) is 0 Å². The largest absolute Gasteiger partial charge is 0.395 e. The summed E-state index contributed by atoms with van der Waals surface area (Å²) in [5, 5.41) is 8.47. The third kappa shape index (κ3) is 2.28. The van der Waals surface area contributed by atoms with Gasteiger partial charge >= 0.3 is 0 Å². The molecule has 0 atom stereocenters. The van der Waals surface area contributed by atoms with Crippen molar-refractivity contribution in [2.75, 3.05) is 33.4 Å². The summed E-state index contributed by atoms with van der Waals surface area (Å²) >= 11 is 0. The molecule has 1 saturated heterocycles. The summed E-state index contributed by atoms with van der Waals surface area (Å²) in [7, 11) is 0. The van der Waals surface area contributed by atoms with Crippen molar-refractivity contribution in [3.8, 4) is 0 Å². The minimum Gasteiger partial charge on any atom is -0.395 e. The molecule has 1 heterocycles. The first-order chi connectivity index (χ1) is 4.43. The van der Waals surface area contributed by atoms with Gasteiger partial charge in [-0.3, -0.25) is 4.90 Å². The fourth-order valence-corrected chi connectivity index (χ4v) is 0.699. The molecule has 0 saturated carbocycles. The first-order valence-corrected chi connectivity index (χ1v) is 2.92. The molecule has 1 aliphatic rings. The van der Waals surface area contributed by atoms with Crippen molar-refractivity contribution in [1.29, 1.82) is 0 Å². The summed E-state index contributed by atoms with van der Waals surface area (Å²) < 4.78 is 9.85. The van der Waals surface area contributed by atoms with Crippen LogP contribution < -0.4 is 0 Å². The van der Waals surface area contributed by atoms with Gasteiger partial charge in [0.2, 0.25) is 0 Å². The highest BCUT2D eigenvalue weighted by atomic mass is 16.7. The van der Waals surface area contributed by atoms with Gasteiger partial charge in [-0.15, -0.1) is 0 Å². The maximum Gasteiger partial charge on any atom is 0.150 e. The zero-order chi connectivity index (χ0) is 6.53. The Balaban J connectivity index is 2.08. The lowest BCUT2D eigenvalue weighted by Crippen LogP contribution is -2.36. The average molecular weight is 133 g/mol. The van der Waals surface area contributed by atoms with E-state index in [1.807, 2.05) is 4.90 Å². The molecule has 0 radical (unpaired) electrons. The Morgan fingerprint density at radius 2 is 2.00 bits per heavy atom. The number of ether oxygens (including phenoxy) is 2. The third-order valence-electron chi connectivity index (χ3n) is 1.13. The smallest absolute Gasteiger partial charge is 0.150 e. The van der Waals surface area contributed by atoms with E-state index in [1.54, 1.807) is 0 Å². The zero-order valence-electron chi connectivity index (χ0n) is 5.25. The lowest BCUT2D eigenvalue weighted by Gasteiger charge is -2.25. The van der Waals surface area contributed by atoms with E-state index in [1.165, 1.54) is 0 Å². The predicted octanol–water partition coefficient (Wildman–Crippen LogP) is -0.800. The highest BCUT2D eigenvalue weighted by Gasteiger charge is 2.07. The monoisotopic (exact) mass is 133 g/mol. The van der Waals surface area contributed by atoms with Crippen molar-refractivity contribution in [3.63, 3.8) is 0 Å². The topological polar surface area (TPSA) is 41.9 Å². The number of hydrogen-bond donors (Lipinski definition) is 1. The van der Waals surface area contributed by atoms with Crippen LogP contribution >= 0.6 is 0 Å². The van der Waals surface area contributed by atoms with E-state index < -0.39 is 0 Å². The second-order valence-corrected chi connectivity index (χ2v) is 1.90. The number of β-amino-alcohol motifs (C(OH)–C–C–N with tert-alkyl or cyclic N) is 1. The van der Waals surface area contributed by atoms with E-state index in [4.69, 9.17) is 14.6 Å². The van der Waals surface area contributed by atoms with Crippen molar-refractivity contribution < 1.29 is 14.6 Å².